The Labute approximate surface area is 79.8 Å². The average molecular weight is 198 g/mol. The zero-order valence-corrected chi connectivity index (χ0v) is 7.79. The second-order valence-corrected chi connectivity index (χ2v) is 3.50. The number of nitrogens with two attached hydrogens (primary N) is 1. The molecular weight excluding hydrogens is 188 g/mol. The molecule has 0 aliphatic heterocycles. The summed E-state index contributed by atoms with van der Waals surface area (Å²) in [5, 5.41) is 12.2. The van der Waals surface area contributed by atoms with Crippen LogP contribution in [-0.4, -0.2) is 4.92 Å². The van der Waals surface area contributed by atoms with E-state index in [4.69, 9.17) is 5.73 Å². The molecule has 0 aromatic carbocycles. The van der Waals surface area contributed by atoms with E-state index < -0.39 is 4.92 Å². The summed E-state index contributed by atoms with van der Waals surface area (Å²) in [5.74, 6) is 0. The molecular formula is C8H10N2O2S. The fraction of sp³-hybridized carbons (Fsp3) is 0.250. The Kier molecular flexibility index (Phi) is 3.16. The third kappa shape index (κ3) is 2.37. The Hall–Kier alpha value is -1.20. The highest BCUT2D eigenvalue weighted by Gasteiger charge is 2.13. The predicted molar refractivity (Wildman–Crippen MR) is 52.7 cm³/mol. The van der Waals surface area contributed by atoms with Gasteiger partial charge in [0.15, 0.2) is 0 Å². The molecule has 5 heteroatoms. The Morgan fingerprint density at radius 3 is 3.00 bits per heavy atom. The molecule has 0 fully saturated rings. The van der Waals surface area contributed by atoms with E-state index in [-0.39, 0.29) is 11.0 Å². The van der Waals surface area contributed by atoms with Crippen LogP contribution in [-0.2, 0) is 0 Å². The van der Waals surface area contributed by atoms with Crippen molar-refractivity contribution in [3.8, 4) is 0 Å². The summed E-state index contributed by atoms with van der Waals surface area (Å²) in [6.07, 6.45) is 2.34. The molecule has 0 aliphatic carbocycles. The van der Waals surface area contributed by atoms with Crippen molar-refractivity contribution in [3.63, 3.8) is 0 Å². The lowest BCUT2D eigenvalue weighted by Crippen LogP contribution is -2.07. The van der Waals surface area contributed by atoms with Gasteiger partial charge in [-0.15, -0.1) is 6.58 Å². The molecule has 1 aromatic rings. The molecule has 0 saturated carbocycles. The molecule has 0 saturated heterocycles. The van der Waals surface area contributed by atoms with Crippen LogP contribution in [0, 0.1) is 10.1 Å². The second kappa shape index (κ2) is 4.15. The zero-order chi connectivity index (χ0) is 9.84. The van der Waals surface area contributed by atoms with Gasteiger partial charge in [0.05, 0.1) is 4.92 Å². The van der Waals surface area contributed by atoms with Crippen molar-refractivity contribution in [2.45, 2.75) is 12.5 Å². The molecule has 1 heterocycles. The first-order valence-corrected chi connectivity index (χ1v) is 4.62. The van der Waals surface area contributed by atoms with Gasteiger partial charge in [0.2, 0.25) is 0 Å². The van der Waals surface area contributed by atoms with E-state index >= 15 is 0 Å². The van der Waals surface area contributed by atoms with Gasteiger partial charge in [-0.2, -0.15) is 0 Å². The number of nitrogens with zero attached hydrogens (tertiary/aromatic N) is 1. The molecule has 1 atom stereocenters. The third-order valence-electron chi connectivity index (χ3n) is 1.63. The SMILES string of the molecule is C=CC[C@@H](N)c1csc([N+](=O)[O-])c1. The van der Waals surface area contributed by atoms with Crippen LogP contribution in [0.25, 0.3) is 0 Å². The quantitative estimate of drug-likeness (QED) is 0.458. The fourth-order valence-corrected chi connectivity index (χ4v) is 1.73. The summed E-state index contributed by atoms with van der Waals surface area (Å²) in [5.41, 5.74) is 6.53. The molecule has 2 N–H and O–H groups in total. The highest BCUT2D eigenvalue weighted by atomic mass is 32.1. The molecule has 0 radical (unpaired) electrons. The maximum absolute atomic E-state index is 10.3. The highest BCUT2D eigenvalue weighted by Crippen LogP contribution is 2.27. The van der Waals surface area contributed by atoms with Crippen LogP contribution in [0.2, 0.25) is 0 Å². The van der Waals surface area contributed by atoms with Crippen LogP contribution in [0.15, 0.2) is 24.1 Å². The molecule has 0 aliphatic rings. The average Bonchev–Trinajstić information content (AvgIpc) is 2.52. The van der Waals surface area contributed by atoms with Crippen molar-refractivity contribution in [1.82, 2.24) is 0 Å². The van der Waals surface area contributed by atoms with Crippen molar-refractivity contribution >= 4 is 16.3 Å². The summed E-state index contributed by atoms with van der Waals surface area (Å²) in [7, 11) is 0. The minimum absolute atomic E-state index is 0.134. The Bertz CT molecular complexity index is 322. The Balaban J connectivity index is 2.78. The Morgan fingerprint density at radius 1 is 1.85 bits per heavy atom. The van der Waals surface area contributed by atoms with Gasteiger partial charge < -0.3 is 5.73 Å². The van der Waals surface area contributed by atoms with Gasteiger partial charge in [-0.1, -0.05) is 17.4 Å². The van der Waals surface area contributed by atoms with E-state index in [1.54, 1.807) is 11.5 Å². The highest BCUT2D eigenvalue weighted by molar-refractivity contribution is 7.13. The minimum atomic E-state index is -0.408. The molecule has 13 heavy (non-hydrogen) atoms. The monoisotopic (exact) mass is 198 g/mol. The second-order valence-electron chi connectivity index (χ2n) is 2.61. The van der Waals surface area contributed by atoms with E-state index in [1.807, 2.05) is 0 Å². The van der Waals surface area contributed by atoms with Gasteiger partial charge in [0, 0.05) is 17.5 Å². The summed E-state index contributed by atoms with van der Waals surface area (Å²) in [6, 6.07) is 1.33. The molecule has 70 valence electrons. The molecule has 0 amide bonds. The molecule has 0 spiro atoms. The van der Waals surface area contributed by atoms with Gasteiger partial charge in [-0.25, -0.2) is 0 Å². The van der Waals surface area contributed by atoms with E-state index in [2.05, 4.69) is 6.58 Å². The molecule has 1 aromatic heterocycles. The largest absolute Gasteiger partial charge is 0.324 e. The van der Waals surface area contributed by atoms with E-state index in [1.165, 1.54) is 6.07 Å². The molecule has 0 bridgehead atoms. The number of nitro groups is 1. The van der Waals surface area contributed by atoms with Crippen molar-refractivity contribution in [2.24, 2.45) is 5.73 Å². The maximum Gasteiger partial charge on any atom is 0.324 e. The van der Waals surface area contributed by atoms with Crippen LogP contribution in [0.1, 0.15) is 18.0 Å². The van der Waals surface area contributed by atoms with Crippen LogP contribution in [0.3, 0.4) is 0 Å². The first kappa shape index (κ1) is 9.88. The van der Waals surface area contributed by atoms with Gasteiger partial charge in [-0.05, 0) is 12.0 Å². The first-order valence-electron chi connectivity index (χ1n) is 3.74. The maximum atomic E-state index is 10.3. The van der Waals surface area contributed by atoms with Crippen LogP contribution in [0.4, 0.5) is 5.00 Å². The van der Waals surface area contributed by atoms with Crippen LogP contribution >= 0.6 is 11.3 Å². The lowest BCUT2D eigenvalue weighted by molar-refractivity contribution is -0.380. The zero-order valence-electron chi connectivity index (χ0n) is 6.97. The summed E-state index contributed by atoms with van der Waals surface area (Å²) < 4.78 is 0. The van der Waals surface area contributed by atoms with Gasteiger partial charge in [0.1, 0.15) is 0 Å². The molecule has 1 rings (SSSR count). The van der Waals surface area contributed by atoms with Crippen LogP contribution < -0.4 is 5.73 Å². The van der Waals surface area contributed by atoms with Crippen molar-refractivity contribution < 1.29 is 4.92 Å². The third-order valence-corrected chi connectivity index (χ3v) is 2.53. The standard InChI is InChI=1S/C8H10N2O2S/c1-2-3-7(9)6-4-8(10(11)12)13-5-6/h2,4-5,7H,1,3,9H2/t7-/m1/s1. The summed E-state index contributed by atoms with van der Waals surface area (Å²) in [4.78, 5) is 9.94. The van der Waals surface area contributed by atoms with E-state index in [0.717, 1.165) is 16.9 Å². The number of rotatable bonds is 4. The summed E-state index contributed by atoms with van der Waals surface area (Å²) in [6.45, 7) is 3.56. The van der Waals surface area contributed by atoms with Crippen molar-refractivity contribution in [2.75, 3.05) is 0 Å². The molecule has 0 unspecified atom stereocenters. The number of thiophene rings is 1. The molecule has 4 nitrogen and oxygen atoms in total. The minimum Gasteiger partial charge on any atom is -0.324 e. The fourth-order valence-electron chi connectivity index (χ4n) is 0.945. The number of hydrogen-bond donors (Lipinski definition) is 1. The Morgan fingerprint density at radius 2 is 2.54 bits per heavy atom. The number of hydrogen-bond acceptors (Lipinski definition) is 4. The van der Waals surface area contributed by atoms with E-state index in [9.17, 15) is 10.1 Å². The lowest BCUT2D eigenvalue weighted by Gasteiger charge is -2.03. The van der Waals surface area contributed by atoms with Crippen LogP contribution in [0.5, 0.6) is 0 Å². The van der Waals surface area contributed by atoms with E-state index in [0.29, 0.717) is 6.42 Å². The first-order chi connectivity index (χ1) is 6.15. The normalized spacial score (nSPS) is 12.4. The smallest absolute Gasteiger partial charge is 0.324 e. The van der Waals surface area contributed by atoms with Gasteiger partial charge >= 0.3 is 5.00 Å². The van der Waals surface area contributed by atoms with Crippen molar-refractivity contribution in [3.05, 3.63) is 39.8 Å². The lowest BCUT2D eigenvalue weighted by atomic mass is 10.1. The topological polar surface area (TPSA) is 69.2 Å². The van der Waals surface area contributed by atoms with Crippen molar-refractivity contribution in [1.29, 1.82) is 0 Å². The summed E-state index contributed by atoms with van der Waals surface area (Å²) >= 11 is 1.10. The van der Waals surface area contributed by atoms with Gasteiger partial charge in [-0.3, -0.25) is 10.1 Å². The van der Waals surface area contributed by atoms with Gasteiger partial charge in [0.25, 0.3) is 0 Å². The predicted octanol–water partition coefficient (Wildman–Crippen LogP) is 2.23.